The molecule has 0 fully saturated rings. The SMILES string of the molecule is CCC(C)C1CC(=O)C(C2=NCCC(C)C2)=C(O)C1. The van der Waals surface area contributed by atoms with Gasteiger partial charge in [-0.15, -0.1) is 0 Å². The molecule has 1 aliphatic heterocycles. The average Bonchev–Trinajstić information content (AvgIpc) is 2.37. The number of hydrogen-bond acceptors (Lipinski definition) is 3. The van der Waals surface area contributed by atoms with Gasteiger partial charge in [0.1, 0.15) is 5.76 Å². The van der Waals surface area contributed by atoms with Gasteiger partial charge in [-0.1, -0.05) is 27.2 Å². The van der Waals surface area contributed by atoms with Gasteiger partial charge in [-0.25, -0.2) is 0 Å². The topological polar surface area (TPSA) is 49.7 Å². The molecule has 0 radical (unpaired) electrons. The number of carbonyl (C=O) groups excluding carboxylic acids is 1. The van der Waals surface area contributed by atoms with Crippen molar-refractivity contribution in [2.45, 2.75) is 52.9 Å². The summed E-state index contributed by atoms with van der Waals surface area (Å²) in [5, 5.41) is 10.3. The van der Waals surface area contributed by atoms with Crippen LogP contribution >= 0.6 is 0 Å². The minimum atomic E-state index is 0.0990. The molecule has 1 aliphatic carbocycles. The molecule has 0 aromatic heterocycles. The third-order valence-electron chi connectivity index (χ3n) is 4.67. The van der Waals surface area contributed by atoms with Gasteiger partial charge in [0, 0.05) is 25.1 Å². The lowest BCUT2D eigenvalue weighted by Crippen LogP contribution is -2.29. The monoisotopic (exact) mass is 263 g/mol. The zero-order valence-electron chi connectivity index (χ0n) is 12.3. The molecule has 1 heterocycles. The lowest BCUT2D eigenvalue weighted by atomic mass is 9.76. The fraction of sp³-hybridized carbons (Fsp3) is 0.750. The molecule has 0 bridgehead atoms. The van der Waals surface area contributed by atoms with E-state index in [2.05, 4.69) is 25.8 Å². The summed E-state index contributed by atoms with van der Waals surface area (Å²) in [6.45, 7) is 7.27. The van der Waals surface area contributed by atoms with Crippen LogP contribution in [0.3, 0.4) is 0 Å². The normalized spacial score (nSPS) is 30.3. The number of aliphatic hydroxyl groups is 1. The van der Waals surface area contributed by atoms with Gasteiger partial charge in [-0.3, -0.25) is 9.79 Å². The third kappa shape index (κ3) is 3.07. The number of ketones is 1. The number of Topliss-reactive ketones (excluding diaryl/α,β-unsaturated/α-hetero) is 1. The van der Waals surface area contributed by atoms with E-state index >= 15 is 0 Å². The zero-order chi connectivity index (χ0) is 14.0. The van der Waals surface area contributed by atoms with Crippen molar-refractivity contribution in [3.63, 3.8) is 0 Å². The fourth-order valence-electron chi connectivity index (χ4n) is 3.08. The molecule has 19 heavy (non-hydrogen) atoms. The minimum Gasteiger partial charge on any atom is -0.511 e. The molecule has 3 heteroatoms. The van der Waals surface area contributed by atoms with Crippen LogP contribution in [0.4, 0.5) is 0 Å². The van der Waals surface area contributed by atoms with Crippen molar-refractivity contribution in [1.29, 1.82) is 0 Å². The summed E-state index contributed by atoms with van der Waals surface area (Å²) in [5.41, 5.74) is 1.40. The third-order valence-corrected chi connectivity index (χ3v) is 4.67. The van der Waals surface area contributed by atoms with E-state index in [0.717, 1.165) is 31.5 Å². The highest BCUT2D eigenvalue weighted by Crippen LogP contribution is 2.34. The van der Waals surface area contributed by atoms with Crippen LogP contribution in [-0.4, -0.2) is 23.1 Å². The quantitative estimate of drug-likeness (QED) is 0.844. The van der Waals surface area contributed by atoms with Gasteiger partial charge in [0.25, 0.3) is 0 Å². The van der Waals surface area contributed by atoms with Crippen LogP contribution in [0.25, 0.3) is 0 Å². The highest BCUT2D eigenvalue weighted by Gasteiger charge is 2.33. The van der Waals surface area contributed by atoms with Gasteiger partial charge in [0.15, 0.2) is 5.78 Å². The number of aliphatic hydroxyl groups excluding tert-OH is 1. The first-order valence-corrected chi connectivity index (χ1v) is 7.51. The smallest absolute Gasteiger partial charge is 0.168 e. The van der Waals surface area contributed by atoms with Crippen LogP contribution in [0, 0.1) is 17.8 Å². The second-order valence-electron chi connectivity index (χ2n) is 6.23. The maximum atomic E-state index is 12.3. The lowest BCUT2D eigenvalue weighted by molar-refractivity contribution is -0.117. The van der Waals surface area contributed by atoms with E-state index in [1.807, 2.05) is 0 Å². The molecule has 0 amide bonds. The highest BCUT2D eigenvalue weighted by atomic mass is 16.3. The van der Waals surface area contributed by atoms with Gasteiger partial charge >= 0.3 is 0 Å². The summed E-state index contributed by atoms with van der Waals surface area (Å²) in [5.74, 6) is 1.73. The number of rotatable bonds is 3. The van der Waals surface area contributed by atoms with Crippen molar-refractivity contribution in [3.8, 4) is 0 Å². The number of hydrogen-bond donors (Lipinski definition) is 1. The summed E-state index contributed by atoms with van der Waals surface area (Å²) >= 11 is 0. The minimum absolute atomic E-state index is 0.0990. The average molecular weight is 263 g/mol. The Labute approximate surface area is 115 Å². The summed E-state index contributed by atoms with van der Waals surface area (Å²) in [6.07, 6.45) is 4.18. The molecule has 3 unspecified atom stereocenters. The van der Waals surface area contributed by atoms with Gasteiger partial charge in [0.2, 0.25) is 0 Å². The summed E-state index contributed by atoms with van der Waals surface area (Å²) in [6, 6.07) is 0. The predicted octanol–water partition coefficient (Wildman–Crippen LogP) is 3.69. The Balaban J connectivity index is 2.21. The molecule has 3 atom stereocenters. The largest absolute Gasteiger partial charge is 0.511 e. The number of aliphatic imine (C=N–C) groups is 1. The summed E-state index contributed by atoms with van der Waals surface area (Å²) in [4.78, 5) is 16.8. The maximum Gasteiger partial charge on any atom is 0.168 e. The van der Waals surface area contributed by atoms with Crippen molar-refractivity contribution >= 4 is 11.5 Å². The molecule has 106 valence electrons. The van der Waals surface area contributed by atoms with E-state index in [1.54, 1.807) is 0 Å². The van der Waals surface area contributed by atoms with Gasteiger partial charge < -0.3 is 5.11 Å². The molecule has 0 aromatic rings. The van der Waals surface area contributed by atoms with Crippen LogP contribution in [0.15, 0.2) is 16.3 Å². The van der Waals surface area contributed by atoms with Crippen molar-refractivity contribution in [3.05, 3.63) is 11.3 Å². The fourth-order valence-corrected chi connectivity index (χ4v) is 3.08. The first-order valence-electron chi connectivity index (χ1n) is 7.51. The Bertz CT molecular complexity index is 422. The van der Waals surface area contributed by atoms with Gasteiger partial charge in [-0.2, -0.15) is 0 Å². The Kier molecular flexibility index (Phi) is 4.43. The van der Waals surface area contributed by atoms with Crippen LogP contribution < -0.4 is 0 Å². The summed E-state index contributed by atoms with van der Waals surface area (Å²) < 4.78 is 0. The molecule has 1 N–H and O–H groups in total. The Morgan fingerprint density at radius 2 is 2.11 bits per heavy atom. The van der Waals surface area contributed by atoms with E-state index in [-0.39, 0.29) is 11.5 Å². The Hall–Kier alpha value is -1.12. The molecule has 0 aromatic carbocycles. The van der Waals surface area contributed by atoms with Crippen molar-refractivity contribution < 1.29 is 9.90 Å². The first-order chi connectivity index (χ1) is 9.02. The Morgan fingerprint density at radius 3 is 2.68 bits per heavy atom. The molecular weight excluding hydrogens is 238 g/mol. The lowest BCUT2D eigenvalue weighted by Gasteiger charge is -2.29. The van der Waals surface area contributed by atoms with Crippen LogP contribution in [0.1, 0.15) is 52.9 Å². The molecule has 0 saturated heterocycles. The molecule has 2 rings (SSSR count). The van der Waals surface area contributed by atoms with E-state index in [0.29, 0.717) is 36.2 Å². The molecular formula is C16H25NO2. The second kappa shape index (κ2) is 5.89. The number of allylic oxidation sites excluding steroid dienone is 2. The van der Waals surface area contributed by atoms with Gasteiger partial charge in [0.05, 0.1) is 5.57 Å². The molecule has 2 aliphatic rings. The predicted molar refractivity (Wildman–Crippen MR) is 77.5 cm³/mol. The maximum absolute atomic E-state index is 12.3. The summed E-state index contributed by atoms with van der Waals surface area (Å²) in [7, 11) is 0. The van der Waals surface area contributed by atoms with Gasteiger partial charge in [-0.05, 0) is 30.6 Å². The van der Waals surface area contributed by atoms with Crippen LogP contribution in [0.5, 0.6) is 0 Å². The van der Waals surface area contributed by atoms with E-state index in [1.165, 1.54) is 0 Å². The standard InChI is InChI=1S/C16H25NO2/c1-4-11(3)12-8-14(18)16(15(19)9-12)13-7-10(2)5-6-17-13/h10-12,18H,4-9H2,1-3H3. The number of carbonyl (C=O) groups is 1. The second-order valence-corrected chi connectivity index (χ2v) is 6.23. The van der Waals surface area contributed by atoms with Crippen molar-refractivity contribution in [2.24, 2.45) is 22.7 Å². The zero-order valence-corrected chi connectivity index (χ0v) is 12.3. The van der Waals surface area contributed by atoms with Crippen molar-refractivity contribution in [2.75, 3.05) is 6.54 Å². The van der Waals surface area contributed by atoms with Crippen LogP contribution in [-0.2, 0) is 4.79 Å². The Morgan fingerprint density at radius 1 is 1.37 bits per heavy atom. The molecule has 0 saturated carbocycles. The first kappa shape index (κ1) is 14.3. The van der Waals surface area contributed by atoms with E-state index < -0.39 is 0 Å². The van der Waals surface area contributed by atoms with Crippen molar-refractivity contribution in [1.82, 2.24) is 0 Å². The highest BCUT2D eigenvalue weighted by molar-refractivity contribution is 6.23. The van der Waals surface area contributed by atoms with E-state index in [9.17, 15) is 9.90 Å². The molecule has 3 nitrogen and oxygen atoms in total. The number of nitrogens with zero attached hydrogens (tertiary/aromatic N) is 1. The van der Waals surface area contributed by atoms with Crippen LogP contribution in [0.2, 0.25) is 0 Å². The van der Waals surface area contributed by atoms with E-state index in [4.69, 9.17) is 0 Å². The molecule has 0 spiro atoms.